The third-order valence-corrected chi connectivity index (χ3v) is 11.3. The van der Waals surface area contributed by atoms with Gasteiger partial charge < -0.3 is 19.3 Å². The summed E-state index contributed by atoms with van der Waals surface area (Å²) in [6, 6.07) is 0. The van der Waals surface area contributed by atoms with Crippen molar-refractivity contribution in [2.75, 3.05) is 64.1 Å². The quantitative estimate of drug-likeness (QED) is 0.158. The van der Waals surface area contributed by atoms with Crippen LogP contribution in [0.15, 0.2) is 0 Å². The third kappa shape index (κ3) is 13.0. The van der Waals surface area contributed by atoms with Crippen molar-refractivity contribution in [2.45, 2.75) is 51.4 Å². The molecule has 2 aliphatic rings. The number of unbranched alkanes of at least 4 members (excludes halogenated alkanes) is 7. The van der Waals surface area contributed by atoms with Gasteiger partial charge in [0.25, 0.3) is 0 Å². The van der Waals surface area contributed by atoms with Crippen LogP contribution in [0.5, 0.6) is 0 Å². The number of hydrogen-bond acceptors (Lipinski definition) is 8. The summed E-state index contributed by atoms with van der Waals surface area (Å²) in [6.45, 7) is 7.05. The van der Waals surface area contributed by atoms with Crippen LogP contribution in [0.1, 0.15) is 51.4 Å². The van der Waals surface area contributed by atoms with Crippen molar-refractivity contribution in [3.63, 3.8) is 0 Å². The van der Waals surface area contributed by atoms with Crippen LogP contribution in [-0.4, -0.2) is 82.6 Å². The van der Waals surface area contributed by atoms with E-state index in [1.54, 1.807) is 21.6 Å². The summed E-state index contributed by atoms with van der Waals surface area (Å²) < 4.78 is 12.8. The number of thiocarbonyl (C=S) groups is 2. The Labute approximate surface area is 209 Å². The minimum atomic E-state index is 0.812. The first-order valence-corrected chi connectivity index (χ1v) is 16.5. The van der Waals surface area contributed by atoms with E-state index in [2.05, 4.69) is 9.80 Å². The number of rotatable bonds is 13. The van der Waals surface area contributed by atoms with Crippen LogP contribution < -0.4 is 0 Å². The molecule has 2 fully saturated rings. The predicted octanol–water partition coefficient (Wildman–Crippen LogP) is 6.10. The zero-order chi connectivity index (χ0) is 21.3. The lowest BCUT2D eigenvalue weighted by molar-refractivity contribution is 0.0702. The Morgan fingerprint density at radius 2 is 0.900 bits per heavy atom. The van der Waals surface area contributed by atoms with E-state index in [0.29, 0.717) is 0 Å². The average Bonchev–Trinajstić information content (AvgIpc) is 2.80. The van der Waals surface area contributed by atoms with Crippen LogP contribution in [-0.2, 0) is 9.47 Å². The van der Waals surface area contributed by atoms with Gasteiger partial charge in [-0.05, 0) is 34.4 Å². The molecule has 2 heterocycles. The molecule has 0 N–H and O–H groups in total. The molecule has 4 nitrogen and oxygen atoms in total. The van der Waals surface area contributed by atoms with E-state index in [1.807, 2.05) is 21.6 Å². The Kier molecular flexibility index (Phi) is 16.9. The SMILES string of the molecule is S=C(SSCCCCCCCCCCSSC(=S)N1CCOCC1)N1CCOCC1. The Bertz CT molecular complexity index is 432. The fraction of sp³-hybridized carbons (Fsp3) is 0.900. The fourth-order valence-corrected chi connectivity index (χ4v) is 8.43. The summed E-state index contributed by atoms with van der Waals surface area (Å²) in [4.78, 5) is 4.54. The zero-order valence-corrected chi connectivity index (χ0v) is 22.8. The minimum Gasteiger partial charge on any atom is -0.378 e. The molecule has 0 unspecified atom stereocenters. The smallest absolute Gasteiger partial charge is 0.147 e. The summed E-state index contributed by atoms with van der Waals surface area (Å²) in [6.07, 6.45) is 10.8. The second kappa shape index (κ2) is 18.5. The van der Waals surface area contributed by atoms with Crippen molar-refractivity contribution in [1.29, 1.82) is 0 Å². The van der Waals surface area contributed by atoms with Crippen LogP contribution in [0.2, 0.25) is 0 Å². The molecule has 0 aromatic rings. The normalized spacial score (nSPS) is 17.3. The molecule has 2 aliphatic heterocycles. The third-order valence-electron chi connectivity index (χ3n) is 5.00. The van der Waals surface area contributed by atoms with E-state index in [-0.39, 0.29) is 0 Å². The highest BCUT2D eigenvalue weighted by Gasteiger charge is 2.14. The van der Waals surface area contributed by atoms with Crippen LogP contribution in [0.3, 0.4) is 0 Å². The van der Waals surface area contributed by atoms with Gasteiger partial charge in [0.2, 0.25) is 0 Å². The lowest BCUT2D eigenvalue weighted by Gasteiger charge is -2.28. The molecule has 0 bridgehead atoms. The lowest BCUT2D eigenvalue weighted by Crippen LogP contribution is -2.38. The zero-order valence-electron chi connectivity index (χ0n) is 17.9. The first kappa shape index (κ1) is 27.3. The summed E-state index contributed by atoms with van der Waals surface area (Å²) in [5, 5.41) is 0. The molecule has 2 saturated heterocycles. The summed E-state index contributed by atoms with van der Waals surface area (Å²) >= 11 is 11.0. The van der Waals surface area contributed by atoms with Crippen molar-refractivity contribution >= 4 is 76.3 Å². The Morgan fingerprint density at radius 3 is 1.27 bits per heavy atom. The molecular weight excluding hydrogens is 493 g/mol. The number of morpholine rings is 2. The lowest BCUT2D eigenvalue weighted by atomic mass is 10.1. The van der Waals surface area contributed by atoms with Crippen LogP contribution in [0.4, 0.5) is 0 Å². The molecule has 0 saturated carbocycles. The second-order valence-electron chi connectivity index (χ2n) is 7.37. The van der Waals surface area contributed by atoms with Gasteiger partial charge >= 0.3 is 0 Å². The van der Waals surface area contributed by atoms with Crippen molar-refractivity contribution in [3.05, 3.63) is 0 Å². The van der Waals surface area contributed by atoms with Crippen molar-refractivity contribution in [2.24, 2.45) is 0 Å². The maximum absolute atomic E-state index is 5.50. The van der Waals surface area contributed by atoms with Crippen molar-refractivity contribution in [1.82, 2.24) is 9.80 Å². The first-order chi connectivity index (χ1) is 14.8. The maximum atomic E-state index is 5.50. The molecule has 0 atom stereocenters. The van der Waals surface area contributed by atoms with E-state index in [1.165, 1.54) is 62.9 Å². The molecule has 0 aliphatic carbocycles. The highest BCUT2D eigenvalue weighted by atomic mass is 33.1. The van der Waals surface area contributed by atoms with E-state index >= 15 is 0 Å². The summed E-state index contributed by atoms with van der Waals surface area (Å²) in [5.74, 6) is 2.41. The number of hydrogen-bond donors (Lipinski definition) is 0. The molecule has 10 heteroatoms. The maximum Gasteiger partial charge on any atom is 0.147 e. The average molecular weight is 529 g/mol. The van der Waals surface area contributed by atoms with Crippen LogP contribution in [0, 0.1) is 0 Å². The number of nitrogens with zero attached hydrogens (tertiary/aromatic N) is 2. The van der Waals surface area contributed by atoms with Gasteiger partial charge in [-0.2, -0.15) is 0 Å². The van der Waals surface area contributed by atoms with Crippen molar-refractivity contribution in [3.8, 4) is 0 Å². The molecule has 0 radical (unpaired) electrons. The van der Waals surface area contributed by atoms with Gasteiger partial charge in [-0.1, -0.05) is 84.5 Å². The van der Waals surface area contributed by atoms with Gasteiger partial charge in [-0.15, -0.1) is 0 Å². The van der Waals surface area contributed by atoms with Gasteiger partial charge in [0, 0.05) is 37.7 Å². The molecule has 0 aromatic heterocycles. The largest absolute Gasteiger partial charge is 0.378 e. The molecule has 30 heavy (non-hydrogen) atoms. The Balaban J connectivity index is 1.27. The molecule has 174 valence electrons. The molecule has 0 spiro atoms. The molecular formula is C20H36N2O2S6. The Morgan fingerprint density at radius 1 is 0.567 bits per heavy atom. The highest BCUT2D eigenvalue weighted by Crippen LogP contribution is 2.28. The fourth-order valence-electron chi connectivity index (χ4n) is 3.16. The van der Waals surface area contributed by atoms with E-state index < -0.39 is 0 Å². The van der Waals surface area contributed by atoms with Crippen LogP contribution in [0.25, 0.3) is 0 Å². The van der Waals surface area contributed by atoms with E-state index in [0.717, 1.165) is 61.2 Å². The topological polar surface area (TPSA) is 24.9 Å². The van der Waals surface area contributed by atoms with Crippen molar-refractivity contribution < 1.29 is 9.47 Å². The minimum absolute atomic E-state index is 0.812. The van der Waals surface area contributed by atoms with Gasteiger partial charge in [0.15, 0.2) is 0 Å². The van der Waals surface area contributed by atoms with Gasteiger partial charge in [-0.25, -0.2) is 0 Å². The predicted molar refractivity (Wildman–Crippen MR) is 147 cm³/mol. The van der Waals surface area contributed by atoms with Gasteiger partial charge in [0.1, 0.15) is 8.64 Å². The first-order valence-electron chi connectivity index (χ1n) is 11.1. The van der Waals surface area contributed by atoms with Crippen LogP contribution >= 0.6 is 67.6 Å². The standard InChI is InChI=1S/C20H36N2O2S6/c25-19(21-9-13-23-14-10-21)29-27-17-7-5-3-1-2-4-6-8-18-28-30-20(26)22-11-15-24-16-12-22/h1-18H2. The Hall–Kier alpha value is 1.10. The van der Waals surface area contributed by atoms with Gasteiger partial charge in [0.05, 0.1) is 26.4 Å². The molecule has 0 aromatic carbocycles. The summed E-state index contributed by atoms with van der Waals surface area (Å²) in [5.41, 5.74) is 0. The summed E-state index contributed by atoms with van der Waals surface area (Å²) in [7, 11) is 7.38. The monoisotopic (exact) mass is 528 g/mol. The number of ether oxygens (including phenoxy) is 2. The van der Waals surface area contributed by atoms with Gasteiger partial charge in [-0.3, -0.25) is 0 Å². The van der Waals surface area contributed by atoms with E-state index in [4.69, 9.17) is 33.9 Å². The molecule has 2 rings (SSSR count). The second-order valence-corrected chi connectivity index (χ2v) is 13.5. The highest BCUT2D eigenvalue weighted by molar-refractivity contribution is 8.84. The molecule has 0 amide bonds. The van der Waals surface area contributed by atoms with E-state index in [9.17, 15) is 0 Å².